The van der Waals surface area contributed by atoms with Crippen molar-refractivity contribution in [3.8, 4) is 0 Å². The molecular formula is C22H29N2O7P. The van der Waals surface area contributed by atoms with E-state index in [4.69, 9.17) is 13.8 Å². The fraction of sp³-hybridized carbons (Fsp3) is 0.500. The topological polar surface area (TPSA) is 117 Å². The summed E-state index contributed by atoms with van der Waals surface area (Å²) in [5.41, 5.74) is 1.57. The molecule has 2 aliphatic heterocycles. The number of ether oxygens (including phenoxy) is 1. The molecule has 0 spiro atoms. The van der Waals surface area contributed by atoms with Crippen LogP contribution in [-0.4, -0.2) is 30.7 Å². The monoisotopic (exact) mass is 464 g/mol. The minimum atomic E-state index is -3.80. The molecule has 1 unspecified atom stereocenters. The van der Waals surface area contributed by atoms with E-state index in [-0.39, 0.29) is 48.2 Å². The molecule has 1 aromatic carbocycles. The number of rotatable bonds is 6. The van der Waals surface area contributed by atoms with Crippen LogP contribution in [0.1, 0.15) is 46.1 Å². The number of non-ortho nitro benzene ring substituents is 1. The van der Waals surface area contributed by atoms with Crippen molar-refractivity contribution in [2.75, 3.05) is 19.8 Å². The van der Waals surface area contributed by atoms with Crippen molar-refractivity contribution in [3.63, 3.8) is 0 Å². The molecule has 0 bridgehead atoms. The molecule has 0 radical (unpaired) electrons. The van der Waals surface area contributed by atoms with Gasteiger partial charge in [-0.05, 0) is 32.3 Å². The molecule has 32 heavy (non-hydrogen) atoms. The number of carbonyl (C=O) groups is 1. The van der Waals surface area contributed by atoms with E-state index in [0.717, 1.165) is 0 Å². The van der Waals surface area contributed by atoms with Crippen molar-refractivity contribution in [1.82, 2.24) is 5.32 Å². The lowest BCUT2D eigenvalue weighted by atomic mass is 9.86. The van der Waals surface area contributed by atoms with Gasteiger partial charge in [-0.2, -0.15) is 0 Å². The van der Waals surface area contributed by atoms with Gasteiger partial charge in [-0.1, -0.05) is 26.0 Å². The fourth-order valence-electron chi connectivity index (χ4n) is 3.97. The molecule has 1 aromatic rings. The van der Waals surface area contributed by atoms with Gasteiger partial charge in [0, 0.05) is 29.4 Å². The second-order valence-corrected chi connectivity index (χ2v) is 10.3. The molecule has 1 N–H and O–H groups in total. The maximum atomic E-state index is 14.0. The molecule has 2 heterocycles. The van der Waals surface area contributed by atoms with Crippen LogP contribution in [0.25, 0.3) is 0 Å². The molecule has 0 saturated carbocycles. The molecule has 174 valence electrons. The van der Waals surface area contributed by atoms with E-state index in [9.17, 15) is 19.5 Å². The van der Waals surface area contributed by atoms with E-state index in [2.05, 4.69) is 5.32 Å². The van der Waals surface area contributed by atoms with Crippen LogP contribution in [-0.2, 0) is 23.1 Å². The third kappa shape index (κ3) is 4.65. The molecule has 0 aromatic heterocycles. The summed E-state index contributed by atoms with van der Waals surface area (Å²) in [5, 5.41) is 14.8. The van der Waals surface area contributed by atoms with Gasteiger partial charge in [-0.25, -0.2) is 4.79 Å². The number of hydrogen-bond acceptors (Lipinski definition) is 8. The first kappa shape index (κ1) is 24.2. The SMILES string of the molecule is CCOC(=O)C1=C(C)NC(C)=C(P2(=O)OCC(C(C)C)CO2)C1c1cccc([N+](=O)[O-])c1. The second-order valence-electron chi connectivity index (χ2n) is 8.27. The number of nitro groups is 1. The third-order valence-corrected chi connectivity index (χ3v) is 7.95. The minimum absolute atomic E-state index is 0.0904. The van der Waals surface area contributed by atoms with Gasteiger partial charge in [0.15, 0.2) is 0 Å². The summed E-state index contributed by atoms with van der Waals surface area (Å²) < 4.78 is 30.9. The van der Waals surface area contributed by atoms with Gasteiger partial charge in [-0.3, -0.25) is 14.7 Å². The fourth-order valence-corrected chi connectivity index (χ4v) is 6.15. The summed E-state index contributed by atoms with van der Waals surface area (Å²) in [4.78, 5) is 23.8. The minimum Gasteiger partial charge on any atom is -0.463 e. The summed E-state index contributed by atoms with van der Waals surface area (Å²) in [6.45, 7) is 9.87. The molecule has 9 nitrogen and oxygen atoms in total. The molecule has 2 aliphatic rings. The van der Waals surface area contributed by atoms with Gasteiger partial charge < -0.3 is 19.1 Å². The normalized spacial score (nSPS) is 26.2. The van der Waals surface area contributed by atoms with Gasteiger partial charge in [0.2, 0.25) is 0 Å². The van der Waals surface area contributed by atoms with Crippen molar-refractivity contribution in [2.24, 2.45) is 11.8 Å². The maximum absolute atomic E-state index is 14.0. The average Bonchev–Trinajstić information content (AvgIpc) is 2.73. The highest BCUT2D eigenvalue weighted by atomic mass is 31.2. The molecule has 1 atom stereocenters. The lowest BCUT2D eigenvalue weighted by Crippen LogP contribution is -2.32. The lowest BCUT2D eigenvalue weighted by molar-refractivity contribution is -0.384. The summed E-state index contributed by atoms with van der Waals surface area (Å²) in [5.74, 6) is -1.10. The van der Waals surface area contributed by atoms with Crippen LogP contribution in [0.2, 0.25) is 0 Å². The molecule has 0 aliphatic carbocycles. The smallest absolute Gasteiger partial charge is 0.360 e. The van der Waals surface area contributed by atoms with E-state index in [1.54, 1.807) is 26.8 Å². The highest BCUT2D eigenvalue weighted by Gasteiger charge is 2.47. The zero-order valence-corrected chi connectivity index (χ0v) is 19.8. The highest BCUT2D eigenvalue weighted by molar-refractivity contribution is 7.58. The van der Waals surface area contributed by atoms with E-state index in [1.165, 1.54) is 18.2 Å². The van der Waals surface area contributed by atoms with E-state index >= 15 is 0 Å². The molecule has 10 heteroatoms. The van der Waals surface area contributed by atoms with Crippen LogP contribution >= 0.6 is 7.60 Å². The first-order valence-electron chi connectivity index (χ1n) is 10.6. The van der Waals surface area contributed by atoms with Crippen molar-refractivity contribution < 1.29 is 28.1 Å². The number of esters is 1. The van der Waals surface area contributed by atoms with Crippen molar-refractivity contribution in [2.45, 2.75) is 40.5 Å². The molecule has 1 fully saturated rings. The zero-order valence-electron chi connectivity index (χ0n) is 18.9. The van der Waals surface area contributed by atoms with Crippen LogP contribution < -0.4 is 5.32 Å². The predicted molar refractivity (Wildman–Crippen MR) is 119 cm³/mol. The van der Waals surface area contributed by atoms with Crippen molar-refractivity contribution >= 4 is 19.3 Å². The first-order chi connectivity index (χ1) is 15.1. The highest BCUT2D eigenvalue weighted by Crippen LogP contribution is 2.66. The predicted octanol–water partition coefficient (Wildman–Crippen LogP) is 4.86. The number of nitro benzene ring substituents is 1. The maximum Gasteiger partial charge on any atom is 0.360 e. The standard InChI is InChI=1S/C22H29N2O7P/c1-6-29-22(25)19-14(4)23-15(5)21(32(28)30-11-17(12-31-32)13(2)3)20(19)16-8-7-9-18(10-16)24(26)27/h7-10,13,17,20,23H,6,11-12H2,1-5H3. The number of carbonyl (C=O) groups excluding carboxylic acids is 1. The van der Waals surface area contributed by atoms with Gasteiger partial charge in [-0.15, -0.1) is 0 Å². The Labute approximate surface area is 187 Å². The number of nitrogens with one attached hydrogen (secondary N) is 1. The summed E-state index contributed by atoms with van der Waals surface area (Å²) >= 11 is 0. The van der Waals surface area contributed by atoms with Gasteiger partial charge in [0.1, 0.15) is 0 Å². The van der Waals surface area contributed by atoms with Gasteiger partial charge >= 0.3 is 13.6 Å². The number of dihydropyridines is 1. The Hall–Kier alpha value is -2.48. The zero-order chi connectivity index (χ0) is 23.6. The Bertz CT molecular complexity index is 1020. The molecular weight excluding hydrogens is 435 g/mol. The van der Waals surface area contributed by atoms with Crippen molar-refractivity contribution in [1.29, 1.82) is 0 Å². The van der Waals surface area contributed by atoms with Crippen LogP contribution in [0.4, 0.5) is 5.69 Å². The van der Waals surface area contributed by atoms with E-state index < -0.39 is 24.4 Å². The second kappa shape index (κ2) is 9.57. The Balaban J connectivity index is 2.15. The number of hydrogen-bond donors (Lipinski definition) is 1. The van der Waals surface area contributed by atoms with Crippen LogP contribution in [0.3, 0.4) is 0 Å². The van der Waals surface area contributed by atoms with E-state index in [1.807, 2.05) is 13.8 Å². The van der Waals surface area contributed by atoms with Crippen LogP contribution in [0.5, 0.6) is 0 Å². The van der Waals surface area contributed by atoms with Crippen LogP contribution in [0.15, 0.2) is 46.5 Å². The Kier molecular flexibility index (Phi) is 7.22. The lowest BCUT2D eigenvalue weighted by Gasteiger charge is -2.38. The first-order valence-corrected chi connectivity index (χ1v) is 12.1. The number of nitrogens with zero attached hydrogens (tertiary/aromatic N) is 1. The van der Waals surface area contributed by atoms with Gasteiger partial charge in [0.05, 0.1) is 41.5 Å². The molecule has 0 amide bonds. The summed E-state index contributed by atoms with van der Waals surface area (Å²) in [6.07, 6.45) is 0. The van der Waals surface area contributed by atoms with Crippen molar-refractivity contribution in [3.05, 3.63) is 62.2 Å². The Morgan fingerprint density at radius 3 is 2.50 bits per heavy atom. The summed E-state index contributed by atoms with van der Waals surface area (Å²) in [7, 11) is -3.80. The summed E-state index contributed by atoms with van der Waals surface area (Å²) in [6, 6.07) is 5.94. The average molecular weight is 464 g/mol. The number of allylic oxidation sites excluding steroid dienone is 3. The largest absolute Gasteiger partial charge is 0.463 e. The van der Waals surface area contributed by atoms with E-state index in [0.29, 0.717) is 17.0 Å². The quantitative estimate of drug-likeness (QED) is 0.274. The third-order valence-electron chi connectivity index (χ3n) is 5.79. The number of benzene rings is 1. The Morgan fingerprint density at radius 1 is 1.28 bits per heavy atom. The van der Waals surface area contributed by atoms with Gasteiger partial charge in [0.25, 0.3) is 5.69 Å². The van der Waals surface area contributed by atoms with Crippen LogP contribution in [0, 0.1) is 22.0 Å². The Morgan fingerprint density at radius 2 is 1.94 bits per heavy atom. The molecule has 1 saturated heterocycles. The molecule has 3 rings (SSSR count).